The van der Waals surface area contributed by atoms with Crippen molar-refractivity contribution in [3.8, 4) is 0 Å². The molecule has 0 aliphatic heterocycles. The van der Waals surface area contributed by atoms with Gasteiger partial charge in [-0.3, -0.25) is 10.1 Å². The molecule has 0 bridgehead atoms. The summed E-state index contributed by atoms with van der Waals surface area (Å²) in [5.74, 6) is 0.277. The number of aryl methyl sites for hydroxylation is 1. The van der Waals surface area contributed by atoms with Crippen molar-refractivity contribution in [3.63, 3.8) is 0 Å². The molecule has 0 spiro atoms. The van der Waals surface area contributed by atoms with Crippen LogP contribution in [0.4, 0.5) is 17.2 Å². The summed E-state index contributed by atoms with van der Waals surface area (Å²) in [6.07, 6.45) is 0. The first kappa shape index (κ1) is 10.2. The van der Waals surface area contributed by atoms with Crippen molar-refractivity contribution < 1.29 is 4.92 Å². The Kier molecular flexibility index (Phi) is 2.85. The number of nitro groups is 1. The van der Waals surface area contributed by atoms with E-state index >= 15 is 0 Å². The molecular weight excluding hydrogens is 184 g/mol. The highest BCUT2D eigenvalue weighted by Crippen LogP contribution is 2.31. The van der Waals surface area contributed by atoms with Crippen LogP contribution in [0.1, 0.15) is 5.69 Å². The summed E-state index contributed by atoms with van der Waals surface area (Å²) < 4.78 is 0. The average molecular weight is 196 g/mol. The Labute approximate surface area is 81.5 Å². The number of anilines is 2. The van der Waals surface area contributed by atoms with E-state index in [1.807, 2.05) is 0 Å². The van der Waals surface area contributed by atoms with E-state index in [2.05, 4.69) is 15.6 Å². The van der Waals surface area contributed by atoms with Crippen LogP contribution in [0.2, 0.25) is 0 Å². The molecular formula is C8H12N4O2. The Morgan fingerprint density at radius 2 is 2.07 bits per heavy atom. The lowest BCUT2D eigenvalue weighted by atomic mass is 10.2. The molecule has 2 N–H and O–H groups in total. The molecule has 0 aliphatic carbocycles. The first-order valence-corrected chi connectivity index (χ1v) is 4.11. The maximum absolute atomic E-state index is 10.8. The summed E-state index contributed by atoms with van der Waals surface area (Å²) in [7, 11) is 3.25. The molecule has 76 valence electrons. The predicted molar refractivity (Wildman–Crippen MR) is 54.7 cm³/mol. The van der Waals surface area contributed by atoms with Crippen molar-refractivity contribution >= 4 is 17.2 Å². The Hall–Kier alpha value is -1.85. The van der Waals surface area contributed by atoms with Gasteiger partial charge in [0.1, 0.15) is 5.69 Å². The quantitative estimate of drug-likeness (QED) is 0.564. The van der Waals surface area contributed by atoms with Crippen LogP contribution in [-0.2, 0) is 0 Å². The zero-order valence-corrected chi connectivity index (χ0v) is 8.29. The standard InChI is InChI=1S/C8H12N4O2/c1-5-4-6(9-2)7(12(13)14)8(10-3)11-5/h4H,1-3H3,(H2,9,10,11). The second kappa shape index (κ2) is 3.91. The van der Waals surface area contributed by atoms with Crippen LogP contribution >= 0.6 is 0 Å². The van der Waals surface area contributed by atoms with E-state index in [1.165, 1.54) is 0 Å². The van der Waals surface area contributed by atoms with Gasteiger partial charge in [0.2, 0.25) is 5.82 Å². The second-order valence-corrected chi connectivity index (χ2v) is 2.77. The summed E-state index contributed by atoms with van der Waals surface area (Å²) in [6.45, 7) is 1.78. The SMILES string of the molecule is CNc1cc(C)nc(NC)c1[N+](=O)[O-]. The third-order valence-corrected chi connectivity index (χ3v) is 1.81. The van der Waals surface area contributed by atoms with E-state index in [-0.39, 0.29) is 11.5 Å². The zero-order chi connectivity index (χ0) is 10.7. The molecule has 1 aromatic heterocycles. The number of aromatic nitrogens is 1. The predicted octanol–water partition coefficient (Wildman–Crippen LogP) is 1.38. The summed E-state index contributed by atoms with van der Waals surface area (Å²) in [5.41, 5.74) is 1.16. The number of nitrogens with zero attached hydrogens (tertiary/aromatic N) is 2. The molecule has 14 heavy (non-hydrogen) atoms. The third-order valence-electron chi connectivity index (χ3n) is 1.81. The molecule has 0 fully saturated rings. The highest BCUT2D eigenvalue weighted by Gasteiger charge is 2.20. The minimum absolute atomic E-state index is 0.0272. The molecule has 0 radical (unpaired) electrons. The van der Waals surface area contributed by atoms with E-state index in [0.29, 0.717) is 5.69 Å². The molecule has 0 saturated carbocycles. The number of hydrogen-bond acceptors (Lipinski definition) is 5. The second-order valence-electron chi connectivity index (χ2n) is 2.77. The summed E-state index contributed by atoms with van der Waals surface area (Å²) in [5, 5.41) is 16.2. The van der Waals surface area contributed by atoms with E-state index in [4.69, 9.17) is 0 Å². The maximum atomic E-state index is 10.8. The molecule has 1 aromatic rings. The highest BCUT2D eigenvalue weighted by molar-refractivity contribution is 5.73. The molecule has 0 saturated heterocycles. The molecule has 6 nitrogen and oxygen atoms in total. The Morgan fingerprint density at radius 3 is 2.50 bits per heavy atom. The van der Waals surface area contributed by atoms with Gasteiger partial charge in [0.05, 0.1) is 4.92 Å². The molecule has 0 aromatic carbocycles. The van der Waals surface area contributed by atoms with Crippen molar-refractivity contribution in [1.82, 2.24) is 4.98 Å². The minimum atomic E-state index is -0.454. The van der Waals surface area contributed by atoms with Crippen LogP contribution in [0, 0.1) is 17.0 Å². The van der Waals surface area contributed by atoms with Crippen LogP contribution in [-0.4, -0.2) is 24.0 Å². The largest absolute Gasteiger partial charge is 0.382 e. The molecule has 0 unspecified atom stereocenters. The molecule has 0 amide bonds. The topological polar surface area (TPSA) is 80.1 Å². The van der Waals surface area contributed by atoms with Crippen LogP contribution < -0.4 is 10.6 Å². The van der Waals surface area contributed by atoms with E-state index in [0.717, 1.165) is 5.69 Å². The van der Waals surface area contributed by atoms with Crippen LogP contribution in [0.15, 0.2) is 6.07 Å². The van der Waals surface area contributed by atoms with Crippen molar-refractivity contribution in [3.05, 3.63) is 21.9 Å². The summed E-state index contributed by atoms with van der Waals surface area (Å²) in [4.78, 5) is 14.3. The van der Waals surface area contributed by atoms with Crippen LogP contribution in [0.3, 0.4) is 0 Å². The summed E-state index contributed by atoms with van der Waals surface area (Å²) >= 11 is 0. The smallest absolute Gasteiger partial charge is 0.334 e. The monoisotopic (exact) mass is 196 g/mol. The van der Waals surface area contributed by atoms with Crippen molar-refractivity contribution in [2.24, 2.45) is 0 Å². The Bertz CT molecular complexity index is 339. The van der Waals surface area contributed by atoms with Crippen molar-refractivity contribution in [2.45, 2.75) is 6.92 Å². The highest BCUT2D eigenvalue weighted by atomic mass is 16.6. The summed E-state index contributed by atoms with van der Waals surface area (Å²) in [6, 6.07) is 1.64. The molecule has 0 aliphatic rings. The van der Waals surface area contributed by atoms with Gasteiger partial charge in [0.25, 0.3) is 0 Å². The molecule has 6 heteroatoms. The van der Waals surface area contributed by atoms with Gasteiger partial charge in [-0.05, 0) is 13.0 Å². The first-order valence-electron chi connectivity index (χ1n) is 4.11. The van der Waals surface area contributed by atoms with Gasteiger partial charge in [0.15, 0.2) is 0 Å². The van der Waals surface area contributed by atoms with Crippen molar-refractivity contribution in [1.29, 1.82) is 0 Å². The van der Waals surface area contributed by atoms with Gasteiger partial charge in [-0.1, -0.05) is 0 Å². The fourth-order valence-electron chi connectivity index (χ4n) is 1.22. The lowest BCUT2D eigenvalue weighted by molar-refractivity contribution is -0.383. The van der Waals surface area contributed by atoms with Gasteiger partial charge >= 0.3 is 5.69 Å². The normalized spacial score (nSPS) is 9.64. The zero-order valence-electron chi connectivity index (χ0n) is 8.29. The van der Waals surface area contributed by atoms with E-state index < -0.39 is 4.92 Å². The fourth-order valence-corrected chi connectivity index (χ4v) is 1.22. The number of nitrogens with one attached hydrogen (secondary N) is 2. The lowest BCUT2D eigenvalue weighted by Crippen LogP contribution is -2.04. The Balaban J connectivity index is 3.40. The lowest BCUT2D eigenvalue weighted by Gasteiger charge is -2.07. The van der Waals surface area contributed by atoms with Gasteiger partial charge in [-0.2, -0.15) is 0 Å². The van der Waals surface area contributed by atoms with Gasteiger partial charge in [-0.25, -0.2) is 4.98 Å². The maximum Gasteiger partial charge on any atom is 0.334 e. The van der Waals surface area contributed by atoms with Gasteiger partial charge < -0.3 is 10.6 Å². The fraction of sp³-hybridized carbons (Fsp3) is 0.375. The molecule has 1 rings (SSSR count). The number of rotatable bonds is 3. The number of hydrogen-bond donors (Lipinski definition) is 2. The van der Waals surface area contributed by atoms with Gasteiger partial charge in [0, 0.05) is 19.8 Å². The van der Waals surface area contributed by atoms with Crippen LogP contribution in [0.5, 0.6) is 0 Å². The van der Waals surface area contributed by atoms with E-state index in [9.17, 15) is 10.1 Å². The minimum Gasteiger partial charge on any atom is -0.382 e. The van der Waals surface area contributed by atoms with E-state index in [1.54, 1.807) is 27.1 Å². The van der Waals surface area contributed by atoms with Gasteiger partial charge in [-0.15, -0.1) is 0 Å². The Morgan fingerprint density at radius 1 is 1.43 bits per heavy atom. The number of pyridine rings is 1. The third kappa shape index (κ3) is 1.73. The van der Waals surface area contributed by atoms with Crippen LogP contribution in [0.25, 0.3) is 0 Å². The molecule has 0 atom stereocenters. The van der Waals surface area contributed by atoms with Crippen molar-refractivity contribution in [2.75, 3.05) is 24.7 Å². The average Bonchev–Trinajstić information content (AvgIpc) is 2.15. The first-order chi connectivity index (χ1) is 6.60. The molecule has 1 heterocycles.